The van der Waals surface area contributed by atoms with Gasteiger partial charge in [0, 0.05) is 0 Å². The molecule has 2 aliphatic heterocycles. The molecule has 2 aliphatic rings. The third-order valence-electron chi connectivity index (χ3n) is 2.74. The largest absolute Gasteiger partial charge is 0.342 e. The molecule has 0 aromatic heterocycles. The van der Waals surface area contributed by atoms with E-state index in [9.17, 15) is 9.59 Å². The number of carbonyl (C=O) groups is 2. The first-order chi connectivity index (χ1) is 7.94. The van der Waals surface area contributed by atoms with Crippen molar-refractivity contribution < 1.29 is 19.1 Å². The Morgan fingerprint density at radius 2 is 2.18 bits per heavy atom. The van der Waals surface area contributed by atoms with Crippen LogP contribution in [0.3, 0.4) is 0 Å². The van der Waals surface area contributed by atoms with Crippen LogP contribution in [0.5, 0.6) is 0 Å². The van der Waals surface area contributed by atoms with Crippen molar-refractivity contribution in [2.75, 3.05) is 13.7 Å². The van der Waals surface area contributed by atoms with Gasteiger partial charge in [0.1, 0.15) is 12.1 Å². The summed E-state index contributed by atoms with van der Waals surface area (Å²) in [6, 6.07) is -0.692. The fourth-order valence-corrected chi connectivity index (χ4v) is 2.05. The summed E-state index contributed by atoms with van der Waals surface area (Å²) in [5.41, 5.74) is 0. The van der Waals surface area contributed by atoms with Crippen LogP contribution in [0.15, 0.2) is 0 Å². The molecule has 2 rings (SSSR count). The Morgan fingerprint density at radius 3 is 2.82 bits per heavy atom. The van der Waals surface area contributed by atoms with Crippen LogP contribution >= 0.6 is 0 Å². The molecule has 0 aliphatic carbocycles. The zero-order valence-electron chi connectivity index (χ0n) is 10.1. The normalized spacial score (nSPS) is 34.3. The monoisotopic (exact) mass is 243 g/mol. The number of hydrogen-bond donors (Lipinski definition) is 3. The second-order valence-corrected chi connectivity index (χ2v) is 4.58. The molecule has 2 saturated heterocycles. The summed E-state index contributed by atoms with van der Waals surface area (Å²) in [6.07, 6.45) is -1.26. The first-order valence-corrected chi connectivity index (χ1v) is 5.53. The molecule has 96 valence electrons. The van der Waals surface area contributed by atoms with Crippen LogP contribution in [0.25, 0.3) is 0 Å². The highest BCUT2D eigenvalue weighted by molar-refractivity contribution is 5.94. The fraction of sp³-hybridized carbons (Fsp3) is 0.800. The molecule has 0 spiro atoms. The van der Waals surface area contributed by atoms with Crippen molar-refractivity contribution in [2.45, 2.75) is 37.9 Å². The zero-order valence-corrected chi connectivity index (χ0v) is 10.1. The van der Waals surface area contributed by atoms with Gasteiger partial charge in [-0.15, -0.1) is 0 Å². The number of carbonyl (C=O) groups excluding carboxylic acids is 2. The molecule has 0 bridgehead atoms. The molecule has 0 aromatic rings. The molecule has 2 heterocycles. The highest BCUT2D eigenvalue weighted by atomic mass is 16.8. The topological polar surface area (TPSA) is 88.7 Å². The van der Waals surface area contributed by atoms with Gasteiger partial charge in [-0.3, -0.25) is 9.59 Å². The van der Waals surface area contributed by atoms with Crippen LogP contribution < -0.4 is 16.0 Å². The molecular formula is C10H17N3O4. The van der Waals surface area contributed by atoms with Gasteiger partial charge < -0.3 is 25.4 Å². The second kappa shape index (κ2) is 4.25. The van der Waals surface area contributed by atoms with Gasteiger partial charge in [0.05, 0.1) is 6.67 Å². The molecule has 3 unspecified atom stereocenters. The minimum Gasteiger partial charge on any atom is -0.342 e. The average molecular weight is 243 g/mol. The van der Waals surface area contributed by atoms with Crippen molar-refractivity contribution in [1.82, 2.24) is 16.0 Å². The molecule has 0 saturated carbocycles. The van der Waals surface area contributed by atoms with Crippen molar-refractivity contribution in [2.24, 2.45) is 0 Å². The van der Waals surface area contributed by atoms with E-state index in [0.29, 0.717) is 6.67 Å². The van der Waals surface area contributed by atoms with E-state index in [1.165, 1.54) is 0 Å². The summed E-state index contributed by atoms with van der Waals surface area (Å²) in [4.78, 5) is 23.4. The van der Waals surface area contributed by atoms with Gasteiger partial charge in [-0.05, 0) is 20.9 Å². The summed E-state index contributed by atoms with van der Waals surface area (Å²) in [5, 5.41) is 8.00. The Labute approximate surface area is 99.2 Å². The number of ether oxygens (including phenoxy) is 2. The van der Waals surface area contributed by atoms with E-state index in [2.05, 4.69) is 16.0 Å². The summed E-state index contributed by atoms with van der Waals surface area (Å²) in [6.45, 7) is 3.79. The lowest BCUT2D eigenvalue weighted by Crippen LogP contribution is -2.49. The molecule has 3 atom stereocenters. The van der Waals surface area contributed by atoms with Crippen LogP contribution in [-0.4, -0.2) is 49.6 Å². The minimum atomic E-state index is -0.825. The molecule has 7 heteroatoms. The number of amides is 2. The van der Waals surface area contributed by atoms with Crippen molar-refractivity contribution in [3.63, 3.8) is 0 Å². The van der Waals surface area contributed by atoms with Crippen LogP contribution in [0.1, 0.15) is 13.8 Å². The Balaban J connectivity index is 2.05. The zero-order chi connectivity index (χ0) is 12.6. The van der Waals surface area contributed by atoms with Gasteiger partial charge >= 0.3 is 0 Å². The van der Waals surface area contributed by atoms with Gasteiger partial charge in [0.25, 0.3) is 5.91 Å². The lowest BCUT2D eigenvalue weighted by molar-refractivity contribution is -0.164. The molecule has 3 N–H and O–H groups in total. The summed E-state index contributed by atoms with van der Waals surface area (Å²) in [7, 11) is 1.72. The predicted molar refractivity (Wildman–Crippen MR) is 57.8 cm³/mol. The number of nitrogens with one attached hydrogen (secondary N) is 3. The molecule has 0 radical (unpaired) electrons. The highest BCUT2D eigenvalue weighted by Crippen LogP contribution is 2.33. The van der Waals surface area contributed by atoms with E-state index in [0.717, 1.165) is 0 Å². The summed E-state index contributed by atoms with van der Waals surface area (Å²) in [5.74, 6) is -1.40. The Hall–Kier alpha value is -1.18. The molecule has 2 amide bonds. The SMILES string of the molecule is CNCNC(=O)C1NC(=O)C2OC(C)(C)OC12. The number of rotatable bonds is 3. The highest BCUT2D eigenvalue weighted by Gasteiger charge is 2.56. The molecule has 0 aromatic carbocycles. The van der Waals surface area contributed by atoms with E-state index in [-0.39, 0.29) is 11.8 Å². The predicted octanol–water partition coefficient (Wildman–Crippen LogP) is -1.70. The fourth-order valence-electron chi connectivity index (χ4n) is 2.05. The lowest BCUT2D eigenvalue weighted by atomic mass is 10.1. The maximum Gasteiger partial charge on any atom is 0.252 e. The molecule has 2 fully saturated rings. The van der Waals surface area contributed by atoms with E-state index in [1.807, 2.05) is 0 Å². The first kappa shape index (κ1) is 12.3. The standard InChI is InChI=1S/C10H17N3O4/c1-10(2)16-6-5(8(14)12-4-11-3)13-9(15)7(6)17-10/h5-7,11H,4H2,1-3H3,(H,12,14)(H,13,15). The minimum absolute atomic E-state index is 0.276. The Morgan fingerprint density at radius 1 is 1.47 bits per heavy atom. The van der Waals surface area contributed by atoms with Crippen molar-refractivity contribution in [3.8, 4) is 0 Å². The van der Waals surface area contributed by atoms with E-state index >= 15 is 0 Å². The van der Waals surface area contributed by atoms with Crippen LogP contribution in [0, 0.1) is 0 Å². The smallest absolute Gasteiger partial charge is 0.252 e. The van der Waals surface area contributed by atoms with Gasteiger partial charge in [0.15, 0.2) is 11.9 Å². The number of fused-ring (bicyclic) bond motifs is 1. The quantitative estimate of drug-likeness (QED) is 0.514. The van der Waals surface area contributed by atoms with E-state index < -0.39 is 24.0 Å². The third kappa shape index (κ3) is 2.26. The maximum absolute atomic E-state index is 11.8. The van der Waals surface area contributed by atoms with Crippen LogP contribution in [0.2, 0.25) is 0 Å². The molecular weight excluding hydrogens is 226 g/mol. The van der Waals surface area contributed by atoms with E-state index in [4.69, 9.17) is 9.47 Å². The van der Waals surface area contributed by atoms with Gasteiger partial charge in [-0.1, -0.05) is 0 Å². The molecule has 7 nitrogen and oxygen atoms in total. The van der Waals surface area contributed by atoms with Crippen molar-refractivity contribution >= 4 is 11.8 Å². The molecule has 17 heavy (non-hydrogen) atoms. The summed E-state index contributed by atoms with van der Waals surface area (Å²) < 4.78 is 11.0. The third-order valence-corrected chi connectivity index (χ3v) is 2.74. The first-order valence-electron chi connectivity index (χ1n) is 5.53. The lowest BCUT2D eigenvalue weighted by Gasteiger charge is -2.21. The van der Waals surface area contributed by atoms with E-state index in [1.54, 1.807) is 20.9 Å². The van der Waals surface area contributed by atoms with Crippen molar-refractivity contribution in [3.05, 3.63) is 0 Å². The Bertz CT molecular complexity index is 344. The number of hydrogen-bond acceptors (Lipinski definition) is 5. The van der Waals surface area contributed by atoms with Crippen LogP contribution in [-0.2, 0) is 19.1 Å². The van der Waals surface area contributed by atoms with Gasteiger partial charge in [-0.2, -0.15) is 0 Å². The van der Waals surface area contributed by atoms with Gasteiger partial charge in [-0.25, -0.2) is 0 Å². The van der Waals surface area contributed by atoms with Gasteiger partial charge in [0.2, 0.25) is 5.91 Å². The van der Waals surface area contributed by atoms with Crippen molar-refractivity contribution in [1.29, 1.82) is 0 Å². The summed E-state index contributed by atoms with van der Waals surface area (Å²) >= 11 is 0. The average Bonchev–Trinajstić information content (AvgIpc) is 2.71. The second-order valence-electron chi connectivity index (χ2n) is 4.58. The van der Waals surface area contributed by atoms with Crippen LogP contribution in [0.4, 0.5) is 0 Å². The maximum atomic E-state index is 11.8. The Kier molecular flexibility index (Phi) is 3.07.